The predicted octanol–water partition coefficient (Wildman–Crippen LogP) is 3.78. The van der Waals surface area contributed by atoms with Crippen LogP contribution in [-0.4, -0.2) is 18.2 Å². The van der Waals surface area contributed by atoms with E-state index >= 15 is 0 Å². The number of benzene rings is 2. The van der Waals surface area contributed by atoms with Crippen molar-refractivity contribution in [1.82, 2.24) is 5.32 Å². The largest absolute Gasteiger partial charge is 0.341 e. The van der Waals surface area contributed by atoms with Gasteiger partial charge < -0.3 is 5.32 Å². The molecule has 0 aliphatic heterocycles. The summed E-state index contributed by atoms with van der Waals surface area (Å²) < 4.78 is 24.4. The average molecular weight is 317 g/mol. The minimum absolute atomic E-state index is 0.223. The van der Waals surface area contributed by atoms with Crippen molar-refractivity contribution in [3.05, 3.63) is 65.7 Å². The van der Waals surface area contributed by atoms with Crippen LogP contribution in [-0.2, 0) is 0 Å². The lowest BCUT2D eigenvalue weighted by molar-refractivity contribution is 0.0958. The summed E-state index contributed by atoms with van der Waals surface area (Å²) in [4.78, 5) is 12.3. The van der Waals surface area contributed by atoms with Crippen molar-refractivity contribution in [1.29, 1.82) is 0 Å². The number of hydrogen-bond acceptors (Lipinski definition) is 2. The van der Waals surface area contributed by atoms with Gasteiger partial charge in [0.2, 0.25) is 0 Å². The summed E-state index contributed by atoms with van der Waals surface area (Å²) >= 11 is 0.451. The minimum atomic E-state index is -2.46. The molecule has 2 aromatic rings. The first-order chi connectivity index (χ1) is 10.6. The first kappa shape index (κ1) is 16.1. The molecule has 1 amide bonds. The molecule has 0 saturated carbocycles. The van der Waals surface area contributed by atoms with E-state index in [1.165, 1.54) is 24.3 Å². The summed E-state index contributed by atoms with van der Waals surface area (Å²) in [6.45, 7) is 0.223. The van der Waals surface area contributed by atoms with Crippen molar-refractivity contribution in [2.45, 2.75) is 10.7 Å². The van der Waals surface area contributed by atoms with Crippen LogP contribution < -0.4 is 5.32 Å². The topological polar surface area (TPSA) is 29.1 Å². The van der Waals surface area contributed by atoms with E-state index < -0.39 is 5.76 Å². The van der Waals surface area contributed by atoms with E-state index in [1.54, 1.807) is 0 Å². The number of nitrogens with one attached hydrogen (secondary N) is 1. The van der Waals surface area contributed by atoms with Gasteiger partial charge in [-0.3, -0.25) is 4.79 Å². The van der Waals surface area contributed by atoms with Gasteiger partial charge in [0.1, 0.15) is 0 Å². The van der Waals surface area contributed by atoms with E-state index in [0.29, 0.717) is 22.2 Å². The highest BCUT2D eigenvalue weighted by Crippen LogP contribution is 2.24. The van der Waals surface area contributed by atoms with E-state index in [4.69, 9.17) is 0 Å². The molecule has 2 rings (SSSR count). The van der Waals surface area contributed by atoms with Gasteiger partial charge in [-0.25, -0.2) is 0 Å². The second kappa shape index (κ2) is 8.20. The molecule has 5 heteroatoms. The van der Waals surface area contributed by atoms with Crippen molar-refractivity contribution in [3.63, 3.8) is 0 Å². The maximum atomic E-state index is 12.2. The third-order valence-corrected chi connectivity index (χ3v) is 3.41. The maximum Gasteiger partial charge on any atom is 0.288 e. The Morgan fingerprint density at radius 1 is 1.09 bits per heavy atom. The number of carbonyl (C=O) groups is 1. The van der Waals surface area contributed by atoms with E-state index in [9.17, 15) is 13.6 Å². The molecule has 0 unspecified atom stereocenters. The molecule has 0 aromatic heterocycles. The third kappa shape index (κ3) is 5.23. The van der Waals surface area contributed by atoms with Crippen LogP contribution in [0, 0.1) is 11.8 Å². The first-order valence-corrected chi connectivity index (χ1v) is 7.40. The van der Waals surface area contributed by atoms with Crippen LogP contribution in [0.2, 0.25) is 0 Å². The van der Waals surface area contributed by atoms with E-state index in [2.05, 4.69) is 17.2 Å². The molecular weight excluding hydrogens is 304 g/mol. The van der Waals surface area contributed by atoms with Gasteiger partial charge in [-0.05, 0) is 36.4 Å². The Bertz CT molecular complexity index is 675. The molecule has 0 fully saturated rings. The van der Waals surface area contributed by atoms with Gasteiger partial charge in [-0.2, -0.15) is 8.78 Å². The SMILES string of the molecule is O=C(NCC#Cc1ccccc1)c1ccc(SC(F)F)cc1. The number of halogens is 2. The number of alkyl halides is 2. The molecule has 1 N–H and O–H groups in total. The summed E-state index contributed by atoms with van der Waals surface area (Å²) in [5.41, 5.74) is 1.30. The van der Waals surface area contributed by atoms with Gasteiger partial charge in [-0.1, -0.05) is 41.8 Å². The van der Waals surface area contributed by atoms with Crippen molar-refractivity contribution in [2.75, 3.05) is 6.54 Å². The lowest BCUT2D eigenvalue weighted by Crippen LogP contribution is -2.23. The molecule has 0 atom stereocenters. The highest BCUT2D eigenvalue weighted by Gasteiger charge is 2.07. The van der Waals surface area contributed by atoms with Gasteiger partial charge in [0.25, 0.3) is 11.7 Å². The lowest BCUT2D eigenvalue weighted by Gasteiger charge is -2.03. The molecule has 112 valence electrons. The zero-order valence-electron chi connectivity index (χ0n) is 11.6. The van der Waals surface area contributed by atoms with E-state index in [0.717, 1.165) is 5.56 Å². The molecule has 22 heavy (non-hydrogen) atoms. The molecule has 0 bridgehead atoms. The summed E-state index contributed by atoms with van der Waals surface area (Å²) in [7, 11) is 0. The predicted molar refractivity (Wildman–Crippen MR) is 84.0 cm³/mol. The Morgan fingerprint density at radius 2 is 1.77 bits per heavy atom. The average Bonchev–Trinajstić information content (AvgIpc) is 2.52. The van der Waals surface area contributed by atoms with Gasteiger partial charge >= 0.3 is 0 Å². The number of thioether (sulfide) groups is 1. The quantitative estimate of drug-likeness (QED) is 0.687. The summed E-state index contributed by atoms with van der Waals surface area (Å²) in [6, 6.07) is 15.5. The number of hydrogen-bond donors (Lipinski definition) is 1. The standard InChI is InChI=1S/C17H13F2NOS/c18-17(19)22-15-10-8-14(9-11-15)16(21)20-12-4-7-13-5-2-1-3-6-13/h1-3,5-6,8-11,17H,12H2,(H,20,21). The molecule has 0 saturated heterocycles. The summed E-state index contributed by atoms with van der Waals surface area (Å²) in [5, 5.41) is 2.66. The fourth-order valence-corrected chi connectivity index (χ4v) is 2.18. The lowest BCUT2D eigenvalue weighted by atomic mass is 10.2. The van der Waals surface area contributed by atoms with Crippen LogP contribution in [0.5, 0.6) is 0 Å². The number of carbonyl (C=O) groups excluding carboxylic acids is 1. The van der Waals surface area contributed by atoms with Gasteiger partial charge in [0.05, 0.1) is 6.54 Å². The van der Waals surface area contributed by atoms with E-state index in [1.807, 2.05) is 30.3 Å². The molecule has 2 aromatic carbocycles. The first-order valence-electron chi connectivity index (χ1n) is 6.52. The van der Waals surface area contributed by atoms with Crippen LogP contribution in [0.1, 0.15) is 15.9 Å². The minimum Gasteiger partial charge on any atom is -0.341 e. The smallest absolute Gasteiger partial charge is 0.288 e. The monoisotopic (exact) mass is 317 g/mol. The van der Waals surface area contributed by atoms with E-state index in [-0.39, 0.29) is 12.5 Å². The second-order valence-corrected chi connectivity index (χ2v) is 5.32. The normalized spacial score (nSPS) is 9.95. The second-order valence-electron chi connectivity index (χ2n) is 4.25. The molecule has 0 aliphatic carbocycles. The summed E-state index contributed by atoms with van der Waals surface area (Å²) in [6.07, 6.45) is 0. The maximum absolute atomic E-state index is 12.2. The van der Waals surface area contributed by atoms with Crippen LogP contribution in [0.4, 0.5) is 8.78 Å². The fraction of sp³-hybridized carbons (Fsp3) is 0.118. The molecule has 0 heterocycles. The molecule has 0 aliphatic rings. The van der Waals surface area contributed by atoms with Crippen LogP contribution >= 0.6 is 11.8 Å². The highest BCUT2D eigenvalue weighted by molar-refractivity contribution is 7.99. The molecule has 0 radical (unpaired) electrons. The highest BCUT2D eigenvalue weighted by atomic mass is 32.2. The fourth-order valence-electron chi connectivity index (χ4n) is 1.68. The van der Waals surface area contributed by atoms with Crippen LogP contribution in [0.25, 0.3) is 0 Å². The van der Waals surface area contributed by atoms with Crippen molar-refractivity contribution in [3.8, 4) is 11.8 Å². The zero-order valence-corrected chi connectivity index (χ0v) is 12.4. The Kier molecular flexibility index (Phi) is 5.99. The van der Waals surface area contributed by atoms with Gasteiger partial charge in [0, 0.05) is 16.0 Å². The number of amides is 1. The van der Waals surface area contributed by atoms with Crippen molar-refractivity contribution >= 4 is 17.7 Å². The van der Waals surface area contributed by atoms with Crippen LogP contribution in [0.15, 0.2) is 59.5 Å². The Hall–Kier alpha value is -2.32. The molecule has 2 nitrogen and oxygen atoms in total. The Balaban J connectivity index is 1.86. The molecular formula is C17H13F2NOS. The van der Waals surface area contributed by atoms with Crippen molar-refractivity contribution in [2.24, 2.45) is 0 Å². The zero-order chi connectivity index (χ0) is 15.8. The Labute approximate surface area is 131 Å². The Morgan fingerprint density at radius 3 is 2.41 bits per heavy atom. The van der Waals surface area contributed by atoms with Gasteiger partial charge in [0.15, 0.2) is 0 Å². The summed E-state index contributed by atoms with van der Waals surface area (Å²) in [5.74, 6) is 3.04. The number of rotatable bonds is 4. The van der Waals surface area contributed by atoms with Gasteiger partial charge in [-0.15, -0.1) is 0 Å². The van der Waals surface area contributed by atoms with Crippen molar-refractivity contribution < 1.29 is 13.6 Å². The third-order valence-electron chi connectivity index (χ3n) is 2.69. The molecule has 0 spiro atoms. The van der Waals surface area contributed by atoms with Crippen LogP contribution in [0.3, 0.4) is 0 Å².